The van der Waals surface area contributed by atoms with E-state index >= 15 is 0 Å². The maximum atomic E-state index is 6.16. The van der Waals surface area contributed by atoms with Crippen molar-refractivity contribution >= 4 is 39.3 Å². The summed E-state index contributed by atoms with van der Waals surface area (Å²) in [6.07, 6.45) is 10.9. The molecule has 0 saturated carbocycles. The number of aromatic amines is 1. The fraction of sp³-hybridized carbons (Fsp3) is 0.318. The van der Waals surface area contributed by atoms with Gasteiger partial charge in [0.15, 0.2) is 0 Å². The average Bonchev–Trinajstić information content (AvgIpc) is 3.32. The van der Waals surface area contributed by atoms with E-state index in [1.54, 1.807) is 11.3 Å². The van der Waals surface area contributed by atoms with E-state index in [1.807, 2.05) is 23.6 Å². The third-order valence-corrected chi connectivity index (χ3v) is 6.14. The Morgan fingerprint density at radius 1 is 1.35 bits per heavy atom. The summed E-state index contributed by atoms with van der Waals surface area (Å²) in [5, 5.41) is 3.26. The average molecular weight is 364 g/mol. The normalized spacial score (nSPS) is 18.3. The Morgan fingerprint density at radius 3 is 3.00 bits per heavy atom. The van der Waals surface area contributed by atoms with E-state index in [-0.39, 0.29) is 0 Å². The second kappa shape index (κ2) is 7.50. The van der Waals surface area contributed by atoms with Crippen molar-refractivity contribution in [3.8, 4) is 0 Å². The van der Waals surface area contributed by atoms with E-state index < -0.39 is 0 Å². The van der Waals surface area contributed by atoms with Crippen LogP contribution in [0.1, 0.15) is 49.5 Å². The van der Waals surface area contributed by atoms with E-state index in [1.165, 1.54) is 48.6 Å². The van der Waals surface area contributed by atoms with Gasteiger partial charge in [0.05, 0.1) is 10.6 Å². The molecular weight excluding hydrogens is 338 g/mol. The van der Waals surface area contributed by atoms with Crippen LogP contribution in [0, 0.1) is 5.92 Å². The van der Waals surface area contributed by atoms with Crippen LogP contribution in [0.4, 0.5) is 5.69 Å². The van der Waals surface area contributed by atoms with Crippen LogP contribution in [-0.4, -0.2) is 10.8 Å². The van der Waals surface area contributed by atoms with Gasteiger partial charge in [-0.3, -0.25) is 0 Å². The summed E-state index contributed by atoms with van der Waals surface area (Å²) in [6, 6.07) is 10.3. The number of hydrogen-bond donors (Lipinski definition) is 2. The summed E-state index contributed by atoms with van der Waals surface area (Å²) in [7, 11) is 0. The van der Waals surface area contributed by atoms with Crippen molar-refractivity contribution in [1.82, 2.24) is 4.98 Å². The van der Waals surface area contributed by atoms with Gasteiger partial charge in [-0.15, -0.1) is 11.3 Å². The van der Waals surface area contributed by atoms with Crippen molar-refractivity contribution in [2.24, 2.45) is 16.6 Å². The second-order valence-electron chi connectivity index (χ2n) is 7.07. The molecule has 3 N–H and O–H groups in total. The molecule has 0 bridgehead atoms. The lowest BCUT2D eigenvalue weighted by molar-refractivity contribution is 0.445. The largest absolute Gasteiger partial charge is 0.383 e. The lowest BCUT2D eigenvalue weighted by Crippen LogP contribution is -2.10. The van der Waals surface area contributed by atoms with Crippen molar-refractivity contribution in [1.29, 1.82) is 0 Å². The van der Waals surface area contributed by atoms with Crippen molar-refractivity contribution in [2.75, 3.05) is 0 Å². The van der Waals surface area contributed by atoms with Crippen LogP contribution >= 0.6 is 11.3 Å². The molecule has 26 heavy (non-hydrogen) atoms. The molecule has 1 aliphatic rings. The third-order valence-electron chi connectivity index (χ3n) is 5.25. The molecule has 4 rings (SSSR count). The molecule has 3 aromatic rings. The van der Waals surface area contributed by atoms with Crippen molar-refractivity contribution < 1.29 is 0 Å². The summed E-state index contributed by atoms with van der Waals surface area (Å²) >= 11 is 1.61. The Hall–Kier alpha value is -2.33. The molecule has 2 aromatic heterocycles. The number of aliphatic imine (C=N–C) groups is 1. The van der Waals surface area contributed by atoms with Gasteiger partial charge in [-0.05, 0) is 60.4 Å². The van der Waals surface area contributed by atoms with Gasteiger partial charge in [0, 0.05) is 22.7 Å². The van der Waals surface area contributed by atoms with Gasteiger partial charge < -0.3 is 10.7 Å². The molecule has 0 fully saturated rings. The minimum atomic E-state index is 0.579. The molecular formula is C22H25N3S. The highest BCUT2D eigenvalue weighted by molar-refractivity contribution is 7.12. The van der Waals surface area contributed by atoms with Crippen LogP contribution in [-0.2, 0) is 0 Å². The summed E-state index contributed by atoms with van der Waals surface area (Å²) in [5.41, 5.74) is 11.0. The first-order valence-corrected chi connectivity index (χ1v) is 10.3. The zero-order valence-electron chi connectivity index (χ0n) is 15.2. The van der Waals surface area contributed by atoms with E-state index in [0.717, 1.165) is 22.0 Å². The molecule has 1 aliphatic carbocycles. The number of nitrogens with two attached hydrogens (primary N) is 1. The number of hydrogen-bond acceptors (Lipinski definition) is 2. The highest BCUT2D eigenvalue weighted by Gasteiger charge is 2.17. The van der Waals surface area contributed by atoms with Crippen LogP contribution in [0.5, 0.6) is 0 Å². The summed E-state index contributed by atoms with van der Waals surface area (Å²) in [5.74, 6) is 1.44. The van der Waals surface area contributed by atoms with Gasteiger partial charge in [0.1, 0.15) is 5.84 Å². The molecule has 0 aliphatic heterocycles. The quantitative estimate of drug-likeness (QED) is 0.408. The Balaban J connectivity index is 1.64. The number of aromatic nitrogens is 1. The van der Waals surface area contributed by atoms with E-state index in [2.05, 4.69) is 41.3 Å². The molecule has 134 valence electrons. The number of benzene rings is 1. The van der Waals surface area contributed by atoms with Crippen LogP contribution in [0.2, 0.25) is 0 Å². The number of nitrogens with one attached hydrogen (secondary N) is 1. The van der Waals surface area contributed by atoms with E-state index in [9.17, 15) is 0 Å². The van der Waals surface area contributed by atoms with Gasteiger partial charge in [0.2, 0.25) is 0 Å². The maximum Gasteiger partial charge on any atom is 0.141 e. The number of rotatable bonds is 5. The predicted octanol–water partition coefficient (Wildman–Crippen LogP) is 6.25. The van der Waals surface area contributed by atoms with Crippen molar-refractivity contribution in [2.45, 2.75) is 39.0 Å². The molecule has 1 atom stereocenters. The molecule has 2 heterocycles. The van der Waals surface area contributed by atoms with Gasteiger partial charge in [-0.1, -0.05) is 31.9 Å². The number of allylic oxidation sites excluding steroid dienone is 2. The van der Waals surface area contributed by atoms with Crippen LogP contribution in [0.3, 0.4) is 0 Å². The monoisotopic (exact) mass is 363 g/mol. The Morgan fingerprint density at radius 2 is 2.27 bits per heavy atom. The number of nitrogens with zero attached hydrogens (tertiary/aromatic N) is 1. The molecule has 1 unspecified atom stereocenters. The highest BCUT2D eigenvalue weighted by atomic mass is 32.1. The lowest BCUT2D eigenvalue weighted by atomic mass is 9.84. The topological polar surface area (TPSA) is 54.2 Å². The standard InChI is InChI=1S/C22H25N3S/c1-2-4-15-6-8-16(9-7-15)19-14-24-20-11-10-17(13-18(19)20)25-22(23)21-5-3-12-26-21/h3,5,8,10-15,24H,2,4,6-7,9H2,1H3,(H2,23,25). The van der Waals surface area contributed by atoms with E-state index in [0.29, 0.717) is 5.84 Å². The number of fused-ring (bicyclic) bond motifs is 1. The lowest BCUT2D eigenvalue weighted by Gasteiger charge is -2.21. The molecule has 0 amide bonds. The molecule has 4 heteroatoms. The Bertz CT molecular complexity index is 947. The first kappa shape index (κ1) is 17.1. The van der Waals surface area contributed by atoms with Crippen LogP contribution < -0.4 is 5.73 Å². The van der Waals surface area contributed by atoms with E-state index in [4.69, 9.17) is 5.73 Å². The zero-order chi connectivity index (χ0) is 17.9. The third kappa shape index (κ3) is 3.47. The predicted molar refractivity (Wildman–Crippen MR) is 113 cm³/mol. The first-order valence-electron chi connectivity index (χ1n) is 9.43. The van der Waals surface area contributed by atoms with Crippen molar-refractivity contribution in [3.63, 3.8) is 0 Å². The van der Waals surface area contributed by atoms with Crippen LogP contribution in [0.15, 0.2) is 53.0 Å². The number of thiophene rings is 1. The smallest absolute Gasteiger partial charge is 0.141 e. The maximum absolute atomic E-state index is 6.16. The molecule has 0 spiro atoms. The summed E-state index contributed by atoms with van der Waals surface area (Å²) < 4.78 is 0. The number of H-pyrrole nitrogens is 1. The molecule has 0 radical (unpaired) electrons. The zero-order valence-corrected chi connectivity index (χ0v) is 16.0. The summed E-state index contributed by atoms with van der Waals surface area (Å²) in [4.78, 5) is 9.05. The SMILES string of the molecule is CCCC1CC=C(c2c[nH]c3ccc(N=C(N)c4cccs4)cc23)CC1. The Kier molecular flexibility index (Phi) is 4.93. The van der Waals surface area contributed by atoms with Gasteiger partial charge in [-0.25, -0.2) is 4.99 Å². The minimum Gasteiger partial charge on any atom is -0.383 e. The van der Waals surface area contributed by atoms with Crippen molar-refractivity contribution in [3.05, 3.63) is 58.4 Å². The van der Waals surface area contributed by atoms with Crippen LogP contribution in [0.25, 0.3) is 16.5 Å². The summed E-state index contributed by atoms with van der Waals surface area (Å²) in [6.45, 7) is 2.28. The fourth-order valence-corrected chi connectivity index (χ4v) is 4.49. The minimum absolute atomic E-state index is 0.579. The van der Waals surface area contributed by atoms with Gasteiger partial charge in [0.25, 0.3) is 0 Å². The second-order valence-corrected chi connectivity index (χ2v) is 8.01. The Labute approximate surface area is 158 Å². The molecule has 1 aromatic carbocycles. The number of amidine groups is 1. The first-order chi connectivity index (χ1) is 12.7. The molecule has 0 saturated heterocycles. The molecule has 3 nitrogen and oxygen atoms in total. The highest BCUT2D eigenvalue weighted by Crippen LogP contribution is 2.36. The van der Waals surface area contributed by atoms with Gasteiger partial charge in [-0.2, -0.15) is 0 Å². The fourth-order valence-electron chi connectivity index (χ4n) is 3.87. The van der Waals surface area contributed by atoms with Gasteiger partial charge >= 0.3 is 0 Å².